The first-order valence-electron chi connectivity index (χ1n) is 7.80. The van der Waals surface area contributed by atoms with E-state index in [1.54, 1.807) is 12.1 Å². The SMILES string of the molecule is CCCCOC(=O)c1cc(C)c(Br)cc1C(=O)OCC(C)(C)C. The first-order valence-corrected chi connectivity index (χ1v) is 8.59. The number of aryl methyl sites for hydroxylation is 1. The van der Waals surface area contributed by atoms with Crippen LogP contribution in [0, 0.1) is 12.3 Å². The van der Waals surface area contributed by atoms with E-state index in [4.69, 9.17) is 9.47 Å². The van der Waals surface area contributed by atoms with Crippen molar-refractivity contribution in [3.63, 3.8) is 0 Å². The van der Waals surface area contributed by atoms with Gasteiger partial charge in [-0.15, -0.1) is 0 Å². The number of carbonyl (C=O) groups excluding carboxylic acids is 2. The molecule has 0 aliphatic rings. The van der Waals surface area contributed by atoms with E-state index in [-0.39, 0.29) is 23.1 Å². The summed E-state index contributed by atoms with van der Waals surface area (Å²) in [5, 5.41) is 0. The molecule has 0 fully saturated rings. The molecule has 23 heavy (non-hydrogen) atoms. The fraction of sp³-hybridized carbons (Fsp3) is 0.556. The number of benzene rings is 1. The van der Waals surface area contributed by atoms with Crippen LogP contribution in [0.2, 0.25) is 0 Å². The van der Waals surface area contributed by atoms with Crippen molar-refractivity contribution in [2.45, 2.75) is 47.5 Å². The van der Waals surface area contributed by atoms with Gasteiger partial charge in [0.05, 0.1) is 24.3 Å². The maximum absolute atomic E-state index is 12.4. The molecule has 128 valence electrons. The lowest BCUT2D eigenvalue weighted by molar-refractivity contribution is 0.0352. The molecule has 0 aromatic heterocycles. The zero-order valence-corrected chi connectivity index (χ0v) is 16.1. The van der Waals surface area contributed by atoms with Gasteiger partial charge in [0, 0.05) is 4.47 Å². The molecule has 0 bridgehead atoms. The van der Waals surface area contributed by atoms with Crippen molar-refractivity contribution in [1.29, 1.82) is 0 Å². The summed E-state index contributed by atoms with van der Waals surface area (Å²) >= 11 is 3.39. The third kappa shape index (κ3) is 6.34. The third-order valence-corrected chi connectivity index (χ3v) is 3.96. The molecule has 0 amide bonds. The van der Waals surface area contributed by atoms with Crippen LogP contribution in [0.5, 0.6) is 0 Å². The highest BCUT2D eigenvalue weighted by Gasteiger charge is 2.23. The van der Waals surface area contributed by atoms with Crippen molar-refractivity contribution in [3.8, 4) is 0 Å². The van der Waals surface area contributed by atoms with Gasteiger partial charge in [-0.1, -0.05) is 50.0 Å². The lowest BCUT2D eigenvalue weighted by atomic mass is 9.98. The zero-order valence-electron chi connectivity index (χ0n) is 14.5. The first kappa shape index (κ1) is 19.7. The highest BCUT2D eigenvalue weighted by atomic mass is 79.9. The van der Waals surface area contributed by atoms with Gasteiger partial charge in [-0.2, -0.15) is 0 Å². The van der Waals surface area contributed by atoms with E-state index in [1.165, 1.54) is 0 Å². The predicted molar refractivity (Wildman–Crippen MR) is 93.8 cm³/mol. The molecule has 0 saturated carbocycles. The number of esters is 2. The Morgan fingerprint density at radius 1 is 1.09 bits per heavy atom. The minimum absolute atomic E-state index is 0.139. The van der Waals surface area contributed by atoms with Crippen LogP contribution < -0.4 is 0 Å². The van der Waals surface area contributed by atoms with Gasteiger partial charge in [-0.05, 0) is 36.5 Å². The summed E-state index contributed by atoms with van der Waals surface area (Å²) in [6.07, 6.45) is 1.73. The van der Waals surface area contributed by atoms with E-state index in [2.05, 4.69) is 15.9 Å². The summed E-state index contributed by atoms with van der Waals surface area (Å²) in [4.78, 5) is 24.6. The molecule has 0 saturated heterocycles. The molecule has 1 aromatic rings. The monoisotopic (exact) mass is 384 g/mol. The molecule has 1 rings (SSSR count). The highest BCUT2D eigenvalue weighted by Crippen LogP contribution is 2.24. The summed E-state index contributed by atoms with van der Waals surface area (Å²) in [6, 6.07) is 3.28. The van der Waals surface area contributed by atoms with E-state index in [0.29, 0.717) is 6.61 Å². The lowest BCUT2D eigenvalue weighted by Gasteiger charge is -2.18. The van der Waals surface area contributed by atoms with E-state index in [0.717, 1.165) is 22.9 Å². The summed E-state index contributed by atoms with van der Waals surface area (Å²) in [5.74, 6) is -1.00. The molecule has 0 radical (unpaired) electrons. The van der Waals surface area contributed by atoms with Gasteiger partial charge >= 0.3 is 11.9 Å². The molecular formula is C18H25BrO4. The molecule has 4 nitrogen and oxygen atoms in total. The van der Waals surface area contributed by atoms with Gasteiger partial charge in [-0.25, -0.2) is 9.59 Å². The van der Waals surface area contributed by atoms with Crippen LogP contribution in [-0.2, 0) is 9.47 Å². The first-order chi connectivity index (χ1) is 10.7. The quantitative estimate of drug-likeness (QED) is 0.515. The standard InChI is InChI=1S/C18H25BrO4/c1-6-7-8-22-16(20)13-9-12(2)15(19)10-14(13)17(21)23-11-18(3,4)5/h9-10H,6-8,11H2,1-5H3. The van der Waals surface area contributed by atoms with Gasteiger partial charge in [0.1, 0.15) is 0 Å². The number of hydrogen-bond acceptors (Lipinski definition) is 4. The van der Waals surface area contributed by atoms with E-state index >= 15 is 0 Å². The van der Waals surface area contributed by atoms with Crippen molar-refractivity contribution >= 4 is 27.9 Å². The molecule has 0 heterocycles. The Morgan fingerprint density at radius 2 is 1.65 bits per heavy atom. The second-order valence-electron chi connectivity index (χ2n) is 6.77. The summed E-state index contributed by atoms with van der Waals surface area (Å²) in [7, 11) is 0. The average Bonchev–Trinajstić information content (AvgIpc) is 2.46. The Morgan fingerprint density at radius 3 is 2.22 bits per heavy atom. The summed E-state index contributed by atoms with van der Waals surface area (Å²) in [6.45, 7) is 10.4. The number of hydrogen-bond donors (Lipinski definition) is 0. The molecule has 5 heteroatoms. The minimum Gasteiger partial charge on any atom is -0.462 e. The summed E-state index contributed by atoms with van der Waals surface area (Å²) < 4.78 is 11.3. The number of rotatable bonds is 6. The molecule has 0 N–H and O–H groups in total. The average molecular weight is 385 g/mol. The Labute approximate surface area is 146 Å². The fourth-order valence-electron chi connectivity index (χ4n) is 1.77. The van der Waals surface area contributed by atoms with Crippen molar-refractivity contribution < 1.29 is 19.1 Å². The largest absolute Gasteiger partial charge is 0.462 e. The maximum atomic E-state index is 12.4. The molecule has 0 spiro atoms. The Balaban J connectivity index is 3.02. The molecule has 0 aliphatic heterocycles. The number of carbonyl (C=O) groups is 2. The van der Waals surface area contributed by atoms with Crippen LogP contribution in [0.3, 0.4) is 0 Å². The summed E-state index contributed by atoms with van der Waals surface area (Å²) in [5.41, 5.74) is 1.20. The Hall–Kier alpha value is -1.36. The van der Waals surface area contributed by atoms with E-state index in [1.807, 2.05) is 34.6 Å². The third-order valence-electron chi connectivity index (χ3n) is 3.11. The van der Waals surface area contributed by atoms with Crippen LogP contribution in [0.25, 0.3) is 0 Å². The number of unbranched alkanes of at least 4 members (excludes halogenated alkanes) is 1. The van der Waals surface area contributed by atoms with Crippen molar-refractivity contribution in [3.05, 3.63) is 33.3 Å². The second-order valence-corrected chi connectivity index (χ2v) is 7.63. The van der Waals surface area contributed by atoms with E-state index in [9.17, 15) is 9.59 Å². The molecule has 0 atom stereocenters. The van der Waals surface area contributed by atoms with Crippen LogP contribution in [0.1, 0.15) is 66.8 Å². The minimum atomic E-state index is -0.511. The maximum Gasteiger partial charge on any atom is 0.339 e. The Bertz CT molecular complexity index is 573. The van der Waals surface area contributed by atoms with Crippen molar-refractivity contribution in [1.82, 2.24) is 0 Å². The van der Waals surface area contributed by atoms with Gasteiger partial charge in [-0.3, -0.25) is 0 Å². The normalized spacial score (nSPS) is 11.2. The smallest absolute Gasteiger partial charge is 0.339 e. The van der Waals surface area contributed by atoms with Crippen LogP contribution in [0.4, 0.5) is 0 Å². The predicted octanol–water partition coefficient (Wildman–Crippen LogP) is 4.92. The van der Waals surface area contributed by atoms with Gasteiger partial charge < -0.3 is 9.47 Å². The highest BCUT2D eigenvalue weighted by molar-refractivity contribution is 9.10. The number of ether oxygens (including phenoxy) is 2. The molecule has 0 unspecified atom stereocenters. The van der Waals surface area contributed by atoms with Crippen molar-refractivity contribution in [2.24, 2.45) is 5.41 Å². The fourth-order valence-corrected chi connectivity index (χ4v) is 2.11. The second kappa shape index (κ2) is 8.48. The van der Waals surface area contributed by atoms with Crippen LogP contribution >= 0.6 is 15.9 Å². The molecule has 1 aromatic carbocycles. The topological polar surface area (TPSA) is 52.6 Å². The molecular weight excluding hydrogens is 360 g/mol. The number of halogens is 1. The van der Waals surface area contributed by atoms with Gasteiger partial charge in [0.25, 0.3) is 0 Å². The zero-order chi connectivity index (χ0) is 17.6. The Kier molecular flexibility index (Phi) is 7.26. The van der Waals surface area contributed by atoms with Crippen molar-refractivity contribution in [2.75, 3.05) is 13.2 Å². The van der Waals surface area contributed by atoms with Gasteiger partial charge in [0.15, 0.2) is 0 Å². The van der Waals surface area contributed by atoms with E-state index < -0.39 is 11.9 Å². The lowest BCUT2D eigenvalue weighted by Crippen LogP contribution is -2.20. The van der Waals surface area contributed by atoms with Crippen LogP contribution in [0.15, 0.2) is 16.6 Å². The van der Waals surface area contributed by atoms with Crippen LogP contribution in [-0.4, -0.2) is 25.2 Å². The van der Waals surface area contributed by atoms with Gasteiger partial charge in [0.2, 0.25) is 0 Å². The molecule has 0 aliphatic carbocycles.